The van der Waals surface area contributed by atoms with Gasteiger partial charge in [0, 0.05) is 18.8 Å². The lowest BCUT2D eigenvalue weighted by Crippen LogP contribution is -2.40. The molecule has 0 bridgehead atoms. The van der Waals surface area contributed by atoms with Gasteiger partial charge >= 0.3 is 5.69 Å². The van der Waals surface area contributed by atoms with Crippen LogP contribution < -0.4 is 16.0 Å². The molecule has 0 unspecified atom stereocenters. The average Bonchev–Trinajstić information content (AvgIpc) is 2.63. The zero-order chi connectivity index (χ0) is 18.8. The highest BCUT2D eigenvalue weighted by atomic mass is 19.1. The van der Waals surface area contributed by atoms with Crippen LogP contribution in [-0.2, 0) is 20.0 Å². The van der Waals surface area contributed by atoms with E-state index in [1.165, 1.54) is 16.7 Å². The van der Waals surface area contributed by atoms with Gasteiger partial charge in [-0.2, -0.15) is 0 Å². The van der Waals surface area contributed by atoms with Crippen LogP contribution in [0.25, 0.3) is 11.0 Å². The summed E-state index contributed by atoms with van der Waals surface area (Å²) in [6, 6.07) is 5.84. The lowest BCUT2D eigenvalue weighted by atomic mass is 10.1. The molecule has 136 valence electrons. The van der Waals surface area contributed by atoms with E-state index < -0.39 is 17.1 Å². The van der Waals surface area contributed by atoms with Crippen LogP contribution in [-0.4, -0.2) is 20.7 Å². The van der Waals surface area contributed by atoms with Crippen molar-refractivity contribution in [2.24, 2.45) is 7.05 Å². The van der Waals surface area contributed by atoms with Crippen LogP contribution in [0.2, 0.25) is 0 Å². The number of fused-ring (bicyclic) bond motifs is 1. The van der Waals surface area contributed by atoms with Gasteiger partial charge in [-0.3, -0.25) is 13.9 Å². The fraction of sp³-hybridized carbons (Fsp3) is 0.316. The Labute approximate surface area is 149 Å². The molecule has 6 nitrogen and oxygen atoms in total. The third kappa shape index (κ3) is 3.00. The van der Waals surface area contributed by atoms with Crippen LogP contribution in [0.1, 0.15) is 25.0 Å². The first-order chi connectivity index (χ1) is 12.5. The highest BCUT2D eigenvalue weighted by molar-refractivity contribution is 5.82. The minimum atomic E-state index is -0.508. The Morgan fingerprint density at radius 1 is 1.23 bits per heavy atom. The molecule has 7 heteroatoms. The maximum atomic E-state index is 13.5. The van der Waals surface area contributed by atoms with E-state index in [1.54, 1.807) is 25.4 Å². The van der Waals surface area contributed by atoms with Crippen molar-refractivity contribution in [1.29, 1.82) is 0 Å². The summed E-state index contributed by atoms with van der Waals surface area (Å²) >= 11 is 0. The maximum Gasteiger partial charge on any atom is 0.332 e. The number of benzene rings is 1. The summed E-state index contributed by atoms with van der Waals surface area (Å²) in [4.78, 5) is 30.0. The Morgan fingerprint density at radius 3 is 2.65 bits per heavy atom. The molecule has 0 saturated heterocycles. The molecule has 0 spiro atoms. The lowest BCUT2D eigenvalue weighted by molar-refractivity contribution is 0.340. The summed E-state index contributed by atoms with van der Waals surface area (Å²) in [7, 11) is 1.56. The predicted molar refractivity (Wildman–Crippen MR) is 97.3 cm³/mol. The molecule has 0 fully saturated rings. The SMILES string of the molecule is CCOc1c(CC)cnc2c1c(=O)n(Cc1cccc(F)c1)c(=O)n2C. The molecule has 0 aliphatic heterocycles. The number of hydrogen-bond donors (Lipinski definition) is 0. The van der Waals surface area contributed by atoms with Crippen LogP contribution >= 0.6 is 0 Å². The van der Waals surface area contributed by atoms with Gasteiger partial charge in [0.15, 0.2) is 5.65 Å². The summed E-state index contributed by atoms with van der Waals surface area (Å²) < 4.78 is 21.6. The predicted octanol–water partition coefficient (Wildman–Crippen LogP) is 2.24. The number of ether oxygens (including phenoxy) is 1. The lowest BCUT2D eigenvalue weighted by Gasteiger charge is -2.15. The zero-order valence-electron chi connectivity index (χ0n) is 15.0. The van der Waals surface area contributed by atoms with Crippen molar-refractivity contribution in [2.45, 2.75) is 26.8 Å². The number of nitrogens with zero attached hydrogens (tertiary/aromatic N) is 3. The van der Waals surface area contributed by atoms with Crippen molar-refractivity contribution >= 4 is 11.0 Å². The second-order valence-electron chi connectivity index (χ2n) is 5.96. The molecule has 3 aromatic rings. The highest BCUT2D eigenvalue weighted by Crippen LogP contribution is 2.25. The third-order valence-corrected chi connectivity index (χ3v) is 4.28. The van der Waals surface area contributed by atoms with Gasteiger partial charge in [-0.15, -0.1) is 0 Å². The third-order valence-electron chi connectivity index (χ3n) is 4.28. The first kappa shape index (κ1) is 17.8. The van der Waals surface area contributed by atoms with E-state index in [0.717, 1.165) is 10.1 Å². The Kier molecular flexibility index (Phi) is 4.88. The highest BCUT2D eigenvalue weighted by Gasteiger charge is 2.19. The zero-order valence-corrected chi connectivity index (χ0v) is 15.0. The summed E-state index contributed by atoms with van der Waals surface area (Å²) in [6.45, 7) is 4.14. The maximum absolute atomic E-state index is 13.5. The fourth-order valence-electron chi connectivity index (χ4n) is 2.98. The van der Waals surface area contributed by atoms with Gasteiger partial charge in [0.25, 0.3) is 5.56 Å². The Morgan fingerprint density at radius 2 is 2.00 bits per heavy atom. The molecule has 0 N–H and O–H groups in total. The van der Waals surface area contributed by atoms with Crippen LogP contribution in [0.3, 0.4) is 0 Å². The summed E-state index contributed by atoms with van der Waals surface area (Å²) in [6.07, 6.45) is 2.27. The Balaban J connectivity index is 2.32. The summed E-state index contributed by atoms with van der Waals surface area (Å²) in [5.41, 5.74) is 0.606. The number of rotatable bonds is 5. The van der Waals surface area contributed by atoms with E-state index in [4.69, 9.17) is 4.74 Å². The second kappa shape index (κ2) is 7.11. The van der Waals surface area contributed by atoms with E-state index >= 15 is 0 Å². The molecule has 3 rings (SSSR count). The van der Waals surface area contributed by atoms with Crippen molar-refractivity contribution in [3.63, 3.8) is 0 Å². The van der Waals surface area contributed by atoms with Gasteiger partial charge in [0.1, 0.15) is 17.0 Å². The van der Waals surface area contributed by atoms with Crippen LogP contribution in [0.4, 0.5) is 4.39 Å². The van der Waals surface area contributed by atoms with Crippen molar-refractivity contribution in [3.05, 3.63) is 68.2 Å². The summed E-state index contributed by atoms with van der Waals surface area (Å²) in [5, 5.41) is 0.268. The molecule has 0 aliphatic carbocycles. The number of aromatic nitrogens is 3. The van der Waals surface area contributed by atoms with Gasteiger partial charge in [-0.05, 0) is 31.0 Å². The van der Waals surface area contributed by atoms with Crippen molar-refractivity contribution in [3.8, 4) is 5.75 Å². The monoisotopic (exact) mass is 357 g/mol. The smallest absolute Gasteiger partial charge is 0.332 e. The standard InChI is InChI=1S/C19H20FN3O3/c1-4-13-10-21-17-15(16(13)26-5-2)18(24)23(19(25)22(17)3)11-12-7-6-8-14(20)9-12/h6-10H,4-5,11H2,1-3H3. The van der Waals surface area contributed by atoms with Crippen molar-refractivity contribution < 1.29 is 9.13 Å². The van der Waals surface area contributed by atoms with E-state index in [1.807, 2.05) is 13.8 Å². The van der Waals surface area contributed by atoms with Gasteiger partial charge < -0.3 is 4.74 Å². The van der Waals surface area contributed by atoms with Crippen LogP contribution in [0, 0.1) is 5.82 Å². The fourth-order valence-corrected chi connectivity index (χ4v) is 2.98. The molecule has 0 saturated carbocycles. The van der Waals surface area contributed by atoms with Gasteiger partial charge in [-0.1, -0.05) is 19.1 Å². The van der Waals surface area contributed by atoms with Crippen molar-refractivity contribution in [1.82, 2.24) is 14.1 Å². The number of pyridine rings is 1. The van der Waals surface area contributed by atoms with E-state index in [0.29, 0.717) is 24.3 Å². The molecule has 26 heavy (non-hydrogen) atoms. The average molecular weight is 357 g/mol. The molecule has 2 aromatic heterocycles. The van der Waals surface area contributed by atoms with Gasteiger partial charge in [0.2, 0.25) is 0 Å². The molecule has 0 aliphatic rings. The number of halogens is 1. The molecule has 0 radical (unpaired) electrons. The van der Waals surface area contributed by atoms with Crippen molar-refractivity contribution in [2.75, 3.05) is 6.61 Å². The van der Waals surface area contributed by atoms with E-state index in [9.17, 15) is 14.0 Å². The van der Waals surface area contributed by atoms with Gasteiger partial charge in [-0.25, -0.2) is 14.2 Å². The van der Waals surface area contributed by atoms with Crippen LogP contribution in [0.5, 0.6) is 5.75 Å². The minimum Gasteiger partial charge on any atom is -0.493 e. The number of aryl methyl sites for hydroxylation is 2. The molecule has 0 amide bonds. The second-order valence-corrected chi connectivity index (χ2v) is 5.96. The topological polar surface area (TPSA) is 66.1 Å². The number of hydrogen-bond acceptors (Lipinski definition) is 4. The molecule has 1 aromatic carbocycles. The molecular weight excluding hydrogens is 337 g/mol. The molecular formula is C19H20FN3O3. The first-order valence-corrected chi connectivity index (χ1v) is 8.46. The Bertz CT molecular complexity index is 1090. The Hall–Kier alpha value is -2.96. The molecule has 0 atom stereocenters. The van der Waals surface area contributed by atoms with Crippen LogP contribution in [0.15, 0.2) is 40.1 Å². The largest absolute Gasteiger partial charge is 0.493 e. The normalized spacial score (nSPS) is 11.1. The van der Waals surface area contributed by atoms with Gasteiger partial charge in [0.05, 0.1) is 13.2 Å². The van der Waals surface area contributed by atoms with E-state index in [-0.39, 0.29) is 17.6 Å². The first-order valence-electron chi connectivity index (χ1n) is 8.46. The summed E-state index contributed by atoms with van der Waals surface area (Å²) in [5.74, 6) is 0.0340. The van der Waals surface area contributed by atoms with E-state index in [2.05, 4.69) is 4.98 Å². The quantitative estimate of drug-likeness (QED) is 0.702. The molecule has 2 heterocycles. The minimum absolute atomic E-state index is 0.0267.